The molecule has 0 aliphatic rings. The number of nitriles is 9. The minimum absolute atomic E-state index is 0.0215. The molecule has 0 spiro atoms. The normalized spacial score (nSPS) is 10.5. The van der Waals surface area contributed by atoms with Gasteiger partial charge in [-0.2, -0.15) is 47.4 Å². The zero-order valence-electron chi connectivity index (χ0n) is 57.8. The zero-order valence-corrected chi connectivity index (χ0v) is 57.8. The number of hydrogen-bond acceptors (Lipinski definition) is 9. The summed E-state index contributed by atoms with van der Waals surface area (Å²) >= 11 is 0. The van der Waals surface area contributed by atoms with Crippen molar-refractivity contribution < 1.29 is 0 Å². The molecule has 0 saturated carbocycles. The molecule has 0 N–H and O–H groups in total. The van der Waals surface area contributed by atoms with Crippen LogP contribution in [-0.2, 0) is 37.9 Å². The molecule has 0 bridgehead atoms. The Kier molecular flexibility index (Phi) is 29.7. The average Bonchev–Trinajstić information content (AvgIpc) is 0.958. The molecule has 92 heavy (non-hydrogen) atoms. The smallest absolute Gasteiger partial charge is 0.192 e. The van der Waals surface area contributed by atoms with E-state index in [1.165, 1.54) is 11.1 Å². The number of hydrogen-bond donors (Lipinski definition) is 0. The van der Waals surface area contributed by atoms with Crippen LogP contribution in [0.5, 0.6) is 0 Å². The van der Waals surface area contributed by atoms with E-state index in [0.717, 1.165) is 44.5 Å². The van der Waals surface area contributed by atoms with Gasteiger partial charge in [0.1, 0.15) is 12.1 Å². The van der Waals surface area contributed by atoms with Gasteiger partial charge in [-0.3, -0.25) is 0 Å². The standard InChI is InChI=1S/4C12H12N2.3C11H13N/c1-12(2,3)10-5-9(8-13)6-11(7-10)14-4;1-12(2,3)11-9(8-13)6-5-7-10(11)14-4;1-12(2,3)11-5-4-9(7-13)6-10(11)8-14;1-12(2,3)11-6-4-5-9(7-13)10(11)8-14;1-11(2,3)10-6-4-9(8-12)5-7-10;1-11(2,3)10-6-4-5-9(7-10)8-12;1-11(2,3)10-7-5-4-6-9(10)8-12/h2*5-7H,1-3H3;2*4-6H,1-3H3;3*4-7H,1-3H3. The predicted octanol–water partition coefficient (Wildman–Crippen LogP) is 20.8. The van der Waals surface area contributed by atoms with E-state index in [2.05, 4.69) is 162 Å². The third kappa shape index (κ3) is 25.6. The van der Waals surface area contributed by atoms with Gasteiger partial charge >= 0.3 is 0 Å². The topological polar surface area (TPSA) is 223 Å². The average molecular weight is 1210 g/mol. The van der Waals surface area contributed by atoms with Crippen molar-refractivity contribution in [1.82, 2.24) is 0 Å². The van der Waals surface area contributed by atoms with Crippen LogP contribution < -0.4 is 0 Å². The quantitative estimate of drug-likeness (QED) is 0.132. The van der Waals surface area contributed by atoms with Crippen molar-refractivity contribution >= 4 is 11.4 Å². The summed E-state index contributed by atoms with van der Waals surface area (Å²) in [4.78, 5) is 6.80. The summed E-state index contributed by atoms with van der Waals surface area (Å²) in [6.45, 7) is 57.7. The van der Waals surface area contributed by atoms with Crippen LogP contribution in [0.25, 0.3) is 9.69 Å². The van der Waals surface area contributed by atoms with E-state index >= 15 is 0 Å². The minimum Gasteiger partial charge on any atom is -0.238 e. The molecule has 0 heterocycles. The second-order valence-electron chi connectivity index (χ2n) is 28.6. The van der Waals surface area contributed by atoms with Gasteiger partial charge in [-0.1, -0.05) is 230 Å². The van der Waals surface area contributed by atoms with E-state index in [-0.39, 0.29) is 37.9 Å². The van der Waals surface area contributed by atoms with E-state index in [1.807, 2.05) is 151 Å². The highest BCUT2D eigenvalue weighted by Gasteiger charge is 2.23. The SMILES string of the molecule is CC(C)(C)c1ccc(C#N)cc1.CC(C)(C)c1ccc(C#N)cc1C#N.CC(C)(C)c1cccc(C#N)c1.CC(C)(C)c1cccc(C#N)c1C#N.CC(C)(C)c1ccccc1C#N.[C-]#[N+]c1cc(C#N)cc(C(C)(C)C)c1.[C-]#[N+]c1cccc(C#N)c1C(C)(C)C. The maximum atomic E-state index is 8.99. The van der Waals surface area contributed by atoms with Crippen LogP contribution in [0.3, 0.4) is 0 Å². The van der Waals surface area contributed by atoms with E-state index in [1.54, 1.807) is 42.5 Å². The molecule has 0 atom stereocenters. The molecule has 0 aromatic heterocycles. The molecule has 0 aliphatic carbocycles. The fourth-order valence-corrected chi connectivity index (χ4v) is 8.77. The van der Waals surface area contributed by atoms with Gasteiger partial charge in [-0.15, -0.1) is 0 Å². The van der Waals surface area contributed by atoms with Crippen LogP contribution in [0, 0.1) is 115 Å². The lowest BCUT2D eigenvalue weighted by molar-refractivity contribution is 0.588. The first-order chi connectivity index (χ1) is 42.6. The van der Waals surface area contributed by atoms with Crippen molar-refractivity contribution in [1.29, 1.82) is 47.4 Å². The van der Waals surface area contributed by atoms with Crippen LogP contribution in [-0.4, -0.2) is 0 Å². The van der Waals surface area contributed by atoms with E-state index in [4.69, 9.17) is 60.5 Å². The highest BCUT2D eigenvalue weighted by Crippen LogP contribution is 2.35. The van der Waals surface area contributed by atoms with Crippen LogP contribution in [0.15, 0.2) is 146 Å². The molecule has 0 radical (unpaired) electrons. The fraction of sp³-hybridized carbons (Fsp3) is 0.346. The molecule has 7 aromatic rings. The summed E-state index contributed by atoms with van der Waals surface area (Å²) in [5.41, 5.74) is 14.0. The lowest BCUT2D eigenvalue weighted by Gasteiger charge is -2.21. The molecule has 7 rings (SSSR count). The number of benzene rings is 7. The Morgan fingerprint density at radius 1 is 0.272 bits per heavy atom. The van der Waals surface area contributed by atoms with Crippen molar-refractivity contribution in [2.45, 2.75) is 183 Å². The lowest BCUT2D eigenvalue weighted by atomic mass is 9.83. The van der Waals surface area contributed by atoms with E-state index in [0.29, 0.717) is 44.8 Å². The molecule has 0 fully saturated rings. The van der Waals surface area contributed by atoms with Crippen molar-refractivity contribution in [2.75, 3.05) is 0 Å². The summed E-state index contributed by atoms with van der Waals surface area (Å²) in [6.07, 6.45) is 0. The van der Waals surface area contributed by atoms with Crippen LogP contribution in [0.4, 0.5) is 11.4 Å². The first-order valence-electron chi connectivity index (χ1n) is 29.8. The summed E-state index contributed by atoms with van der Waals surface area (Å²) in [5, 5.41) is 79.3. The summed E-state index contributed by atoms with van der Waals surface area (Å²) < 4.78 is 0. The Morgan fingerprint density at radius 2 is 0.685 bits per heavy atom. The predicted molar refractivity (Wildman–Crippen MR) is 371 cm³/mol. The largest absolute Gasteiger partial charge is 0.238 e. The minimum atomic E-state index is -0.161. The first-order valence-corrected chi connectivity index (χ1v) is 29.8. The maximum Gasteiger partial charge on any atom is 0.192 e. The van der Waals surface area contributed by atoms with Crippen molar-refractivity contribution in [3.8, 4) is 54.6 Å². The highest BCUT2D eigenvalue weighted by atomic mass is 14.7. The van der Waals surface area contributed by atoms with E-state index in [9.17, 15) is 0 Å². The fourth-order valence-electron chi connectivity index (χ4n) is 8.77. The highest BCUT2D eigenvalue weighted by molar-refractivity contribution is 5.62. The lowest BCUT2D eigenvalue weighted by Crippen LogP contribution is -2.13. The summed E-state index contributed by atoms with van der Waals surface area (Å²) in [7, 11) is 0. The zero-order chi connectivity index (χ0) is 70.6. The Hall–Kier alpha value is -11.1. The van der Waals surface area contributed by atoms with Gasteiger partial charge in [0.15, 0.2) is 11.4 Å². The van der Waals surface area contributed by atoms with Gasteiger partial charge in [-0.25, -0.2) is 9.69 Å². The van der Waals surface area contributed by atoms with Crippen molar-refractivity contribution in [3.63, 3.8) is 0 Å². The molecule has 0 unspecified atom stereocenters. The van der Waals surface area contributed by atoms with Crippen molar-refractivity contribution in [2.24, 2.45) is 0 Å². The van der Waals surface area contributed by atoms with Crippen LogP contribution >= 0.6 is 0 Å². The molecule has 466 valence electrons. The molecule has 0 saturated heterocycles. The monoisotopic (exact) mass is 1210 g/mol. The van der Waals surface area contributed by atoms with Crippen LogP contribution in [0.1, 0.15) is 234 Å². The second kappa shape index (κ2) is 34.6. The Bertz CT molecular complexity index is 4060. The molecule has 7 aromatic carbocycles. The third-order valence-corrected chi connectivity index (χ3v) is 13.9. The number of nitrogens with zero attached hydrogens (tertiary/aromatic N) is 11. The Balaban J connectivity index is 0.000000537. The molecule has 11 heteroatoms. The summed E-state index contributed by atoms with van der Waals surface area (Å²) in [5.74, 6) is 0. The van der Waals surface area contributed by atoms with E-state index < -0.39 is 0 Å². The molecular formula is C81H87N11. The van der Waals surface area contributed by atoms with Gasteiger partial charge in [0, 0.05) is 11.1 Å². The Morgan fingerprint density at radius 3 is 1.11 bits per heavy atom. The van der Waals surface area contributed by atoms with Gasteiger partial charge in [0.2, 0.25) is 0 Å². The van der Waals surface area contributed by atoms with Gasteiger partial charge in [0.25, 0.3) is 0 Å². The second-order valence-corrected chi connectivity index (χ2v) is 28.6. The van der Waals surface area contributed by atoms with Gasteiger partial charge in [0.05, 0.1) is 94.6 Å². The third-order valence-electron chi connectivity index (χ3n) is 13.9. The molecule has 11 nitrogen and oxygen atoms in total. The molecular weight excluding hydrogens is 1130 g/mol. The number of rotatable bonds is 0. The van der Waals surface area contributed by atoms with Crippen molar-refractivity contribution in [3.05, 3.63) is 257 Å². The van der Waals surface area contributed by atoms with Crippen LogP contribution in [0.2, 0.25) is 0 Å². The molecule has 0 amide bonds. The van der Waals surface area contributed by atoms with Gasteiger partial charge < -0.3 is 0 Å². The first kappa shape index (κ1) is 78.9. The maximum absolute atomic E-state index is 8.99. The summed E-state index contributed by atoms with van der Waals surface area (Å²) in [6, 6.07) is 63.4. The molecule has 0 aliphatic heterocycles. The Labute approximate surface area is 551 Å². The van der Waals surface area contributed by atoms with Gasteiger partial charge in [-0.05, 0) is 138 Å².